The number of amides is 1. The van der Waals surface area contributed by atoms with Crippen molar-refractivity contribution in [2.24, 2.45) is 0 Å². The highest BCUT2D eigenvalue weighted by Gasteiger charge is 2.28. The van der Waals surface area contributed by atoms with E-state index in [0.717, 1.165) is 30.8 Å². The molecule has 1 aliphatic rings. The molecule has 3 rings (SSSR count). The molecule has 1 saturated heterocycles. The van der Waals surface area contributed by atoms with Gasteiger partial charge in [-0.15, -0.1) is 0 Å². The number of nitrogens with one attached hydrogen (secondary N) is 1. The van der Waals surface area contributed by atoms with Crippen LogP contribution in [0.3, 0.4) is 0 Å². The quantitative estimate of drug-likeness (QED) is 0.934. The summed E-state index contributed by atoms with van der Waals surface area (Å²) in [6, 6.07) is 1.75. The second kappa shape index (κ2) is 6.36. The molecule has 1 aliphatic heterocycles. The van der Waals surface area contributed by atoms with E-state index in [-0.39, 0.29) is 12.0 Å². The van der Waals surface area contributed by atoms with Crippen LogP contribution < -0.4 is 4.74 Å². The van der Waals surface area contributed by atoms with Gasteiger partial charge in [-0.1, -0.05) is 0 Å². The molecule has 1 amide bonds. The molecular weight excluding hydrogens is 294 g/mol. The van der Waals surface area contributed by atoms with Crippen LogP contribution >= 0.6 is 0 Å². The van der Waals surface area contributed by atoms with Crippen molar-refractivity contribution in [2.45, 2.75) is 39.7 Å². The van der Waals surface area contributed by atoms with Gasteiger partial charge in [0.2, 0.25) is 5.88 Å². The topological polar surface area (TPSA) is 84.0 Å². The third kappa shape index (κ3) is 3.33. The highest BCUT2D eigenvalue weighted by atomic mass is 16.5. The fraction of sp³-hybridized carbons (Fsp3) is 0.500. The highest BCUT2D eigenvalue weighted by molar-refractivity contribution is 5.96. The van der Waals surface area contributed by atoms with Crippen LogP contribution in [0.2, 0.25) is 0 Å². The zero-order valence-corrected chi connectivity index (χ0v) is 13.7. The van der Waals surface area contributed by atoms with Crippen LogP contribution in [-0.2, 0) is 0 Å². The van der Waals surface area contributed by atoms with Crippen molar-refractivity contribution in [1.29, 1.82) is 0 Å². The molecule has 122 valence electrons. The molecular formula is C16H21N5O2. The van der Waals surface area contributed by atoms with Gasteiger partial charge in [0.1, 0.15) is 11.9 Å². The van der Waals surface area contributed by atoms with Crippen LogP contribution in [0.25, 0.3) is 0 Å². The third-order valence-electron chi connectivity index (χ3n) is 4.05. The molecule has 2 aromatic rings. The van der Waals surface area contributed by atoms with Crippen molar-refractivity contribution in [3.05, 3.63) is 35.0 Å². The number of nitrogens with zero attached hydrogens (tertiary/aromatic N) is 4. The largest absolute Gasteiger partial charge is 0.472 e. The number of rotatable bonds is 3. The lowest BCUT2D eigenvalue weighted by atomic mass is 10.1. The monoisotopic (exact) mass is 315 g/mol. The first kappa shape index (κ1) is 15.5. The Hall–Kier alpha value is -2.44. The normalized spacial score (nSPS) is 18.0. The lowest BCUT2D eigenvalue weighted by molar-refractivity contribution is 0.0525. The maximum atomic E-state index is 12.7. The number of ether oxygens (including phenoxy) is 1. The lowest BCUT2D eigenvalue weighted by Gasteiger charge is -2.32. The number of H-pyrrole nitrogens is 1. The minimum atomic E-state index is -0.0467. The summed E-state index contributed by atoms with van der Waals surface area (Å²) >= 11 is 0. The number of aromatic nitrogens is 4. The van der Waals surface area contributed by atoms with Crippen LogP contribution in [0.4, 0.5) is 0 Å². The SMILES string of the molecule is Cc1nccc(OC2CCCN(C(=O)c3c(C)n[nH]c3C)C2)n1. The fourth-order valence-corrected chi connectivity index (χ4v) is 2.91. The number of carbonyl (C=O) groups is 1. The van der Waals surface area contributed by atoms with E-state index >= 15 is 0 Å². The summed E-state index contributed by atoms with van der Waals surface area (Å²) in [5, 5.41) is 6.98. The smallest absolute Gasteiger partial charge is 0.257 e. The van der Waals surface area contributed by atoms with E-state index in [9.17, 15) is 4.79 Å². The molecule has 1 unspecified atom stereocenters. The maximum absolute atomic E-state index is 12.7. The Balaban J connectivity index is 1.70. The van der Waals surface area contributed by atoms with Gasteiger partial charge in [0.25, 0.3) is 5.91 Å². The molecule has 1 fully saturated rings. The molecule has 0 aromatic carbocycles. The number of hydrogen-bond donors (Lipinski definition) is 1. The molecule has 0 aliphatic carbocycles. The van der Waals surface area contributed by atoms with E-state index in [2.05, 4.69) is 20.2 Å². The van der Waals surface area contributed by atoms with Crippen molar-refractivity contribution >= 4 is 5.91 Å². The summed E-state index contributed by atoms with van der Waals surface area (Å²) in [6.07, 6.45) is 3.46. The molecule has 2 aromatic heterocycles. The second-order valence-corrected chi connectivity index (χ2v) is 5.88. The maximum Gasteiger partial charge on any atom is 0.257 e. The molecule has 0 spiro atoms. The minimum Gasteiger partial charge on any atom is -0.472 e. The van der Waals surface area contributed by atoms with Crippen molar-refractivity contribution in [3.63, 3.8) is 0 Å². The van der Waals surface area contributed by atoms with Crippen molar-refractivity contribution in [2.75, 3.05) is 13.1 Å². The van der Waals surface area contributed by atoms with Gasteiger partial charge in [0, 0.05) is 24.5 Å². The molecule has 7 heteroatoms. The zero-order valence-electron chi connectivity index (χ0n) is 13.7. The van der Waals surface area contributed by atoms with Crippen molar-refractivity contribution < 1.29 is 9.53 Å². The van der Waals surface area contributed by atoms with Crippen LogP contribution in [0.1, 0.15) is 40.4 Å². The average Bonchev–Trinajstić information content (AvgIpc) is 2.86. The summed E-state index contributed by atoms with van der Waals surface area (Å²) in [5.74, 6) is 1.25. The lowest BCUT2D eigenvalue weighted by Crippen LogP contribution is -2.44. The van der Waals surface area contributed by atoms with Gasteiger partial charge >= 0.3 is 0 Å². The van der Waals surface area contributed by atoms with E-state index in [1.54, 1.807) is 12.3 Å². The molecule has 23 heavy (non-hydrogen) atoms. The Bertz CT molecular complexity index is 693. The standard InChI is InChI=1S/C16H21N5O2/c1-10-15(11(2)20-19-10)16(22)21-8-4-5-13(9-21)23-14-6-7-17-12(3)18-14/h6-7,13H,4-5,8-9H2,1-3H3,(H,19,20). The average molecular weight is 315 g/mol. The molecule has 0 radical (unpaired) electrons. The Morgan fingerprint density at radius 1 is 1.39 bits per heavy atom. The predicted octanol–water partition coefficient (Wildman–Crippen LogP) is 1.81. The number of carbonyl (C=O) groups excluding carboxylic acids is 1. The van der Waals surface area contributed by atoms with E-state index in [4.69, 9.17) is 4.74 Å². The first-order valence-corrected chi connectivity index (χ1v) is 7.81. The van der Waals surface area contributed by atoms with Crippen LogP contribution in [0.15, 0.2) is 12.3 Å². The van der Waals surface area contributed by atoms with Crippen LogP contribution in [0, 0.1) is 20.8 Å². The number of aryl methyl sites for hydroxylation is 3. The number of aromatic amines is 1. The van der Waals surface area contributed by atoms with Gasteiger partial charge in [-0.2, -0.15) is 10.1 Å². The number of hydrogen-bond acceptors (Lipinski definition) is 5. The van der Waals surface area contributed by atoms with Gasteiger partial charge in [-0.05, 0) is 33.6 Å². The zero-order chi connectivity index (χ0) is 16.4. The van der Waals surface area contributed by atoms with Crippen LogP contribution in [-0.4, -0.2) is 50.2 Å². The Morgan fingerprint density at radius 2 is 2.22 bits per heavy atom. The molecule has 1 atom stereocenters. The molecule has 3 heterocycles. The Kier molecular flexibility index (Phi) is 4.27. The van der Waals surface area contributed by atoms with Crippen molar-refractivity contribution in [3.8, 4) is 5.88 Å². The van der Waals surface area contributed by atoms with E-state index in [0.29, 0.717) is 23.8 Å². The Morgan fingerprint density at radius 3 is 2.91 bits per heavy atom. The van der Waals surface area contributed by atoms with E-state index in [1.807, 2.05) is 25.7 Å². The molecule has 0 bridgehead atoms. The van der Waals surface area contributed by atoms with Crippen molar-refractivity contribution in [1.82, 2.24) is 25.1 Å². The third-order valence-corrected chi connectivity index (χ3v) is 4.05. The molecule has 7 nitrogen and oxygen atoms in total. The minimum absolute atomic E-state index is 0.0147. The summed E-state index contributed by atoms with van der Waals surface area (Å²) in [6.45, 7) is 6.85. The van der Waals surface area contributed by atoms with Gasteiger partial charge in [0.05, 0.1) is 17.8 Å². The Labute approximate surface area is 135 Å². The molecule has 0 saturated carbocycles. The van der Waals surface area contributed by atoms with Gasteiger partial charge < -0.3 is 9.64 Å². The summed E-state index contributed by atoms with van der Waals surface area (Å²) in [5.41, 5.74) is 2.22. The first-order chi connectivity index (χ1) is 11.0. The summed E-state index contributed by atoms with van der Waals surface area (Å²) in [7, 11) is 0. The number of piperidine rings is 1. The van der Waals surface area contributed by atoms with E-state index < -0.39 is 0 Å². The van der Waals surface area contributed by atoms with Gasteiger partial charge in [-0.25, -0.2) is 4.98 Å². The predicted molar refractivity (Wildman–Crippen MR) is 84.4 cm³/mol. The van der Waals surface area contributed by atoms with Gasteiger partial charge in [0.15, 0.2) is 0 Å². The van der Waals surface area contributed by atoms with E-state index in [1.165, 1.54) is 0 Å². The first-order valence-electron chi connectivity index (χ1n) is 7.81. The summed E-state index contributed by atoms with van der Waals surface area (Å²) < 4.78 is 5.93. The fourth-order valence-electron chi connectivity index (χ4n) is 2.91. The van der Waals surface area contributed by atoms with Gasteiger partial charge in [-0.3, -0.25) is 9.89 Å². The highest BCUT2D eigenvalue weighted by Crippen LogP contribution is 2.20. The molecule has 1 N–H and O–H groups in total. The van der Waals surface area contributed by atoms with Crippen LogP contribution in [0.5, 0.6) is 5.88 Å². The summed E-state index contributed by atoms with van der Waals surface area (Å²) in [4.78, 5) is 22.9. The second-order valence-electron chi connectivity index (χ2n) is 5.88. The number of likely N-dealkylation sites (tertiary alicyclic amines) is 1.